The molecule has 0 spiro atoms. The van der Waals surface area contributed by atoms with Crippen LogP contribution in [0.2, 0.25) is 0 Å². The maximum absolute atomic E-state index is 13.1. The molecule has 4 aromatic carbocycles. The Morgan fingerprint density at radius 1 is 0.727 bits per heavy atom. The molecular formula is C28H27NO3S. The van der Waals surface area contributed by atoms with E-state index in [-0.39, 0.29) is 4.90 Å². The molecule has 4 rings (SSSR count). The van der Waals surface area contributed by atoms with Crippen LogP contribution in [0.15, 0.2) is 108 Å². The Kier molecular flexibility index (Phi) is 6.36. The topological polar surface area (TPSA) is 66.4 Å². The lowest BCUT2D eigenvalue weighted by Gasteiger charge is -2.31. The number of sulfonamides is 1. The smallest absolute Gasteiger partial charge is 0.261 e. The maximum Gasteiger partial charge on any atom is 0.261 e. The zero-order valence-corrected chi connectivity index (χ0v) is 19.5. The van der Waals surface area contributed by atoms with Gasteiger partial charge in [0.25, 0.3) is 10.0 Å². The van der Waals surface area contributed by atoms with Crippen molar-refractivity contribution in [1.82, 2.24) is 0 Å². The van der Waals surface area contributed by atoms with Gasteiger partial charge in [-0.2, -0.15) is 0 Å². The highest BCUT2D eigenvalue weighted by Crippen LogP contribution is 2.38. The summed E-state index contributed by atoms with van der Waals surface area (Å²) in [6.45, 7) is 3.92. The molecule has 168 valence electrons. The SMILES string of the molecule is Cc1ccc(CC(O)(c2ccccc2)c2ccccc2NS(=O)(=O)c2ccc(C)cc2)cc1. The zero-order chi connectivity index (χ0) is 23.5. The van der Waals surface area contributed by atoms with E-state index in [1.165, 1.54) is 0 Å². The molecule has 1 unspecified atom stereocenters. The lowest BCUT2D eigenvalue weighted by atomic mass is 9.80. The van der Waals surface area contributed by atoms with E-state index in [2.05, 4.69) is 4.72 Å². The maximum atomic E-state index is 13.1. The van der Waals surface area contributed by atoms with Crippen molar-refractivity contribution in [2.24, 2.45) is 0 Å². The van der Waals surface area contributed by atoms with Crippen LogP contribution in [0.25, 0.3) is 0 Å². The number of aryl methyl sites for hydroxylation is 2. The average Bonchev–Trinajstić information content (AvgIpc) is 2.81. The van der Waals surface area contributed by atoms with Gasteiger partial charge in [0.05, 0.1) is 10.6 Å². The minimum Gasteiger partial charge on any atom is -0.380 e. The molecule has 0 radical (unpaired) electrons. The molecule has 0 fully saturated rings. The highest BCUT2D eigenvalue weighted by molar-refractivity contribution is 7.92. The minimum absolute atomic E-state index is 0.171. The molecule has 0 aliphatic rings. The summed E-state index contributed by atoms with van der Waals surface area (Å²) < 4.78 is 29.0. The fourth-order valence-electron chi connectivity index (χ4n) is 3.92. The molecule has 0 heterocycles. The molecule has 0 saturated carbocycles. The first-order chi connectivity index (χ1) is 15.8. The van der Waals surface area contributed by atoms with Gasteiger partial charge in [-0.1, -0.05) is 96.1 Å². The zero-order valence-electron chi connectivity index (χ0n) is 18.7. The van der Waals surface area contributed by atoms with Crippen LogP contribution in [0.5, 0.6) is 0 Å². The second-order valence-electron chi connectivity index (χ2n) is 8.35. The van der Waals surface area contributed by atoms with Crippen LogP contribution in [0, 0.1) is 13.8 Å². The van der Waals surface area contributed by atoms with Gasteiger partial charge in [0, 0.05) is 12.0 Å². The number of aliphatic hydroxyl groups is 1. The summed E-state index contributed by atoms with van der Waals surface area (Å²) in [6.07, 6.45) is 0.292. The second-order valence-corrected chi connectivity index (χ2v) is 10.0. The van der Waals surface area contributed by atoms with Gasteiger partial charge in [-0.05, 0) is 43.2 Å². The van der Waals surface area contributed by atoms with Gasteiger partial charge in [0.2, 0.25) is 0 Å². The van der Waals surface area contributed by atoms with Gasteiger partial charge in [-0.25, -0.2) is 8.42 Å². The third-order valence-electron chi connectivity index (χ3n) is 5.78. The number of anilines is 1. The number of nitrogens with one attached hydrogen (secondary N) is 1. The summed E-state index contributed by atoms with van der Waals surface area (Å²) in [5, 5.41) is 12.1. The Balaban J connectivity index is 1.80. The van der Waals surface area contributed by atoms with Crippen molar-refractivity contribution in [1.29, 1.82) is 0 Å². The summed E-state index contributed by atoms with van der Waals surface area (Å²) in [7, 11) is -3.83. The van der Waals surface area contributed by atoms with Crippen LogP contribution < -0.4 is 4.72 Å². The van der Waals surface area contributed by atoms with E-state index < -0.39 is 15.6 Å². The summed E-state index contributed by atoms with van der Waals surface area (Å²) in [5.74, 6) is 0. The molecule has 4 nitrogen and oxygen atoms in total. The average molecular weight is 458 g/mol. The summed E-state index contributed by atoms with van der Waals surface area (Å²) in [5.41, 5.74) is 3.14. The molecule has 0 aliphatic heterocycles. The lowest BCUT2D eigenvalue weighted by Crippen LogP contribution is -2.31. The molecule has 1 atom stereocenters. The largest absolute Gasteiger partial charge is 0.380 e. The molecule has 0 aliphatic carbocycles. The van der Waals surface area contributed by atoms with E-state index in [1.54, 1.807) is 42.5 Å². The summed E-state index contributed by atoms with van der Waals surface area (Å²) in [4.78, 5) is 0.171. The normalized spacial score (nSPS) is 13.3. The van der Waals surface area contributed by atoms with Gasteiger partial charge in [-0.15, -0.1) is 0 Å². The van der Waals surface area contributed by atoms with Gasteiger partial charge in [0.1, 0.15) is 5.60 Å². The van der Waals surface area contributed by atoms with Crippen LogP contribution in [-0.2, 0) is 22.0 Å². The molecule has 0 bridgehead atoms. The van der Waals surface area contributed by atoms with Crippen LogP contribution in [0.1, 0.15) is 27.8 Å². The molecule has 2 N–H and O–H groups in total. The molecule has 5 heteroatoms. The quantitative estimate of drug-likeness (QED) is 0.381. The van der Waals surface area contributed by atoms with Crippen LogP contribution in [0.4, 0.5) is 5.69 Å². The fraction of sp³-hybridized carbons (Fsp3) is 0.143. The third-order valence-corrected chi connectivity index (χ3v) is 7.16. The molecule has 33 heavy (non-hydrogen) atoms. The first-order valence-corrected chi connectivity index (χ1v) is 12.3. The van der Waals surface area contributed by atoms with Crippen LogP contribution in [-0.4, -0.2) is 13.5 Å². The van der Waals surface area contributed by atoms with Gasteiger partial charge < -0.3 is 5.11 Å². The standard InChI is InChI=1S/C28H27NO3S/c1-21-12-16-23(17-13-21)20-28(30,24-8-4-3-5-9-24)26-10-6-7-11-27(26)29-33(31,32)25-18-14-22(2)15-19-25/h3-19,29-30H,20H2,1-2H3. The molecule has 4 aromatic rings. The lowest BCUT2D eigenvalue weighted by molar-refractivity contribution is 0.0819. The van der Waals surface area contributed by atoms with Crippen molar-refractivity contribution in [2.45, 2.75) is 30.8 Å². The Labute approximate surface area is 195 Å². The second kappa shape index (κ2) is 9.22. The van der Waals surface area contributed by atoms with E-state index in [0.29, 0.717) is 23.2 Å². The van der Waals surface area contributed by atoms with Crippen molar-refractivity contribution in [3.63, 3.8) is 0 Å². The summed E-state index contributed by atoms with van der Waals surface area (Å²) >= 11 is 0. The van der Waals surface area contributed by atoms with Crippen molar-refractivity contribution < 1.29 is 13.5 Å². The van der Waals surface area contributed by atoms with Crippen molar-refractivity contribution in [2.75, 3.05) is 4.72 Å². The van der Waals surface area contributed by atoms with Crippen molar-refractivity contribution >= 4 is 15.7 Å². The van der Waals surface area contributed by atoms with E-state index >= 15 is 0 Å². The molecule has 0 amide bonds. The predicted molar refractivity (Wildman–Crippen MR) is 133 cm³/mol. The Hall–Kier alpha value is -3.41. The highest BCUT2D eigenvalue weighted by atomic mass is 32.2. The monoisotopic (exact) mass is 457 g/mol. The fourth-order valence-corrected chi connectivity index (χ4v) is 5.00. The van der Waals surface area contributed by atoms with E-state index in [0.717, 1.165) is 16.7 Å². The van der Waals surface area contributed by atoms with Crippen molar-refractivity contribution in [3.05, 3.63) is 131 Å². The third kappa shape index (κ3) is 5.00. The Morgan fingerprint density at radius 2 is 1.27 bits per heavy atom. The summed E-state index contributed by atoms with van der Waals surface area (Å²) in [6, 6.07) is 31.0. The van der Waals surface area contributed by atoms with Gasteiger partial charge in [-0.3, -0.25) is 4.72 Å². The Bertz CT molecular complexity index is 1330. The number of hydrogen-bond acceptors (Lipinski definition) is 3. The molecule has 0 aromatic heterocycles. The Morgan fingerprint density at radius 3 is 1.91 bits per heavy atom. The van der Waals surface area contributed by atoms with Crippen LogP contribution in [0.3, 0.4) is 0 Å². The minimum atomic E-state index is -3.83. The first-order valence-electron chi connectivity index (χ1n) is 10.8. The highest BCUT2D eigenvalue weighted by Gasteiger charge is 2.35. The number of benzene rings is 4. The number of rotatable bonds is 7. The van der Waals surface area contributed by atoms with Gasteiger partial charge in [0.15, 0.2) is 0 Å². The van der Waals surface area contributed by atoms with Gasteiger partial charge >= 0.3 is 0 Å². The van der Waals surface area contributed by atoms with E-state index in [9.17, 15) is 13.5 Å². The molecular weight excluding hydrogens is 430 g/mol. The van der Waals surface area contributed by atoms with E-state index in [4.69, 9.17) is 0 Å². The van der Waals surface area contributed by atoms with E-state index in [1.807, 2.05) is 74.5 Å². The number of para-hydroxylation sites is 1. The number of hydrogen-bond donors (Lipinski definition) is 2. The van der Waals surface area contributed by atoms with Crippen molar-refractivity contribution in [3.8, 4) is 0 Å². The molecule has 0 saturated heterocycles. The first kappa shape index (κ1) is 22.8. The van der Waals surface area contributed by atoms with Crippen LogP contribution >= 0.6 is 0 Å². The predicted octanol–water partition coefficient (Wildman–Crippen LogP) is 5.58.